The Hall–Kier alpha value is -14.2. The molecule has 0 radical (unpaired) electrons. The van der Waals surface area contributed by atoms with Crippen molar-refractivity contribution in [3.8, 4) is 108 Å². The first kappa shape index (κ1) is 59.1. The lowest BCUT2D eigenvalue weighted by Gasteiger charge is -2.12. The number of rotatable bonds is 10. The highest BCUT2D eigenvalue weighted by molar-refractivity contribution is 6.14. The second-order valence-corrected chi connectivity index (χ2v) is 25.3. The fourth-order valence-electron chi connectivity index (χ4n) is 14.3. The molecule has 0 aliphatic heterocycles. The maximum Gasteiger partial charge on any atom is 0.164 e. The van der Waals surface area contributed by atoms with Crippen molar-refractivity contribution in [2.75, 3.05) is 0 Å². The van der Waals surface area contributed by atoms with Crippen molar-refractivity contribution in [1.82, 2.24) is 39.0 Å². The van der Waals surface area contributed by atoms with Crippen LogP contribution in [-0.2, 0) is 0 Å². The molecule has 20 aromatic rings. The van der Waals surface area contributed by atoms with Gasteiger partial charge in [0.2, 0.25) is 0 Å². The number of aromatic nitrogens is 8. The Bertz CT molecular complexity index is 6670. The summed E-state index contributed by atoms with van der Waals surface area (Å²) in [5.74, 6) is 3.55. The molecule has 14 aromatic carbocycles. The molecule has 0 unspecified atom stereocenters. The van der Waals surface area contributed by atoms with Gasteiger partial charge in [-0.15, -0.1) is 0 Å². The van der Waals surface area contributed by atoms with E-state index in [1.165, 1.54) is 10.8 Å². The molecule has 102 heavy (non-hydrogen) atoms. The molecule has 11 nitrogen and oxygen atoms in total. The van der Waals surface area contributed by atoms with Gasteiger partial charge in [0.25, 0.3) is 0 Å². The predicted octanol–water partition coefficient (Wildman–Crippen LogP) is 22.9. The van der Waals surface area contributed by atoms with Gasteiger partial charge < -0.3 is 18.0 Å². The van der Waals surface area contributed by atoms with E-state index in [4.69, 9.17) is 38.7 Å². The Morgan fingerprint density at radius 1 is 0.235 bits per heavy atom. The third-order valence-corrected chi connectivity index (χ3v) is 19.1. The first-order valence-corrected chi connectivity index (χ1v) is 33.8. The van der Waals surface area contributed by atoms with Crippen molar-refractivity contribution in [2.24, 2.45) is 0 Å². The summed E-state index contributed by atoms with van der Waals surface area (Å²) in [5.41, 5.74) is 20.4. The largest absolute Gasteiger partial charge is 0.456 e. The first-order chi connectivity index (χ1) is 50.5. The molecule has 0 saturated heterocycles. The molecule has 0 amide bonds. The van der Waals surface area contributed by atoms with Crippen molar-refractivity contribution < 1.29 is 8.83 Å². The fourth-order valence-corrected chi connectivity index (χ4v) is 14.3. The molecule has 11 heteroatoms. The molecule has 0 spiro atoms. The van der Waals surface area contributed by atoms with E-state index >= 15 is 0 Å². The molecule has 0 N–H and O–H groups in total. The zero-order valence-electron chi connectivity index (χ0n) is 54.6. The zero-order chi connectivity index (χ0) is 67.6. The second-order valence-electron chi connectivity index (χ2n) is 25.3. The number of nitrogens with zero attached hydrogens (tertiary/aromatic N) is 9. The molecule has 0 aliphatic carbocycles. The van der Waals surface area contributed by atoms with Crippen molar-refractivity contribution in [3.05, 3.63) is 339 Å². The smallest absolute Gasteiger partial charge is 0.164 e. The van der Waals surface area contributed by atoms with Crippen LogP contribution in [0.3, 0.4) is 0 Å². The number of para-hydroxylation sites is 5. The lowest BCUT2D eigenvalue weighted by atomic mass is 10.0. The predicted molar refractivity (Wildman–Crippen MR) is 411 cm³/mol. The lowest BCUT2D eigenvalue weighted by Crippen LogP contribution is -2.01. The van der Waals surface area contributed by atoms with Gasteiger partial charge in [-0.2, -0.15) is 5.26 Å². The van der Waals surface area contributed by atoms with Gasteiger partial charge in [-0.25, -0.2) is 29.9 Å². The molecule has 0 aliphatic rings. The fraction of sp³-hybridized carbons (Fsp3) is 0. The first-order valence-electron chi connectivity index (χ1n) is 33.8. The summed E-state index contributed by atoms with van der Waals surface area (Å²) in [6.07, 6.45) is 0. The summed E-state index contributed by atoms with van der Waals surface area (Å²) < 4.78 is 17.2. The van der Waals surface area contributed by atoms with Gasteiger partial charge in [-0.3, -0.25) is 0 Å². The van der Waals surface area contributed by atoms with Gasteiger partial charge in [-0.1, -0.05) is 237 Å². The number of hydrogen-bond donors (Lipinski definition) is 0. The Kier molecular flexibility index (Phi) is 14.3. The average Bonchev–Trinajstić information content (AvgIpc) is 1.58. The summed E-state index contributed by atoms with van der Waals surface area (Å²) in [7, 11) is 0. The van der Waals surface area contributed by atoms with Gasteiger partial charge in [0, 0.05) is 93.4 Å². The van der Waals surface area contributed by atoms with Crippen molar-refractivity contribution in [3.63, 3.8) is 0 Å². The molecule has 476 valence electrons. The van der Waals surface area contributed by atoms with Crippen molar-refractivity contribution >= 4 is 87.5 Å². The van der Waals surface area contributed by atoms with E-state index in [-0.39, 0.29) is 0 Å². The SMILES string of the molecule is N#Cc1cccc(-c2nc(-c3ccccc3)nc(-c3cccc(-n4c5ccccc5c5cc(-c6cccc7c6oc6ccccc67)ccc54)c3)n2)c1.c1ccc(-c2nc(-c3ccccc3)nc(-c3cccc(-n4c5ccccc5c5cc(-c6ccc7oc8ccccc8c7c6)ccc54)c3)n2)cc1. The van der Waals surface area contributed by atoms with Crippen LogP contribution in [0.4, 0.5) is 0 Å². The van der Waals surface area contributed by atoms with E-state index in [9.17, 15) is 5.26 Å². The summed E-state index contributed by atoms with van der Waals surface area (Å²) in [4.78, 5) is 29.6. The van der Waals surface area contributed by atoms with Crippen LogP contribution in [0.1, 0.15) is 5.56 Å². The normalized spacial score (nSPS) is 11.5. The van der Waals surface area contributed by atoms with Crippen LogP contribution < -0.4 is 0 Å². The van der Waals surface area contributed by atoms with Gasteiger partial charge in [0.15, 0.2) is 34.9 Å². The lowest BCUT2D eigenvalue weighted by molar-refractivity contribution is 0.669. The molecule has 6 aromatic heterocycles. The van der Waals surface area contributed by atoms with E-state index in [1.807, 2.05) is 146 Å². The van der Waals surface area contributed by atoms with Crippen LogP contribution in [0, 0.1) is 11.3 Å². The summed E-state index contributed by atoms with van der Waals surface area (Å²) in [5, 5.41) is 18.8. The summed E-state index contributed by atoms with van der Waals surface area (Å²) in [6.45, 7) is 0. The topological polar surface area (TPSA) is 137 Å². The van der Waals surface area contributed by atoms with Crippen LogP contribution >= 0.6 is 0 Å². The zero-order valence-corrected chi connectivity index (χ0v) is 54.6. The van der Waals surface area contributed by atoms with Gasteiger partial charge in [0.1, 0.15) is 22.3 Å². The van der Waals surface area contributed by atoms with E-state index < -0.39 is 0 Å². The van der Waals surface area contributed by atoms with Crippen LogP contribution in [0.15, 0.2) is 342 Å². The van der Waals surface area contributed by atoms with Gasteiger partial charge in [-0.05, 0) is 114 Å². The maximum absolute atomic E-state index is 9.58. The number of hydrogen-bond acceptors (Lipinski definition) is 9. The third-order valence-electron chi connectivity index (χ3n) is 19.1. The number of fused-ring (bicyclic) bond motifs is 12. The molecular formula is C91H55N9O2. The molecule has 0 fully saturated rings. The van der Waals surface area contributed by atoms with Crippen molar-refractivity contribution in [1.29, 1.82) is 5.26 Å². The standard InChI is InChI=1S/C46H27N5O.C45H28N4O/c47-28-29-11-8-14-32(25-29)45-48-44(30-12-2-1-3-13-30)49-46(50-45)33-15-9-16-34(26-33)51-40-21-6-4-17-36(40)39-27-31(23-24-41(39)51)35-19-10-20-38-37-18-5-7-22-42(37)52-43(35)38;1-3-12-29(13-4-1)43-46-44(30-14-5-2-6-15-30)48-45(47-43)33-16-11-17-34(26-33)49-39-20-9-7-18-35(39)37-27-31(22-24-40(37)49)32-23-25-42-38(28-32)36-19-8-10-21-41(36)50-42/h1-27H;1-28H. The molecule has 0 saturated carbocycles. The third kappa shape index (κ3) is 10.5. The van der Waals surface area contributed by atoms with E-state index in [2.05, 4.69) is 197 Å². The molecule has 0 atom stereocenters. The summed E-state index contributed by atoms with van der Waals surface area (Å²) in [6, 6.07) is 116. The highest BCUT2D eigenvalue weighted by atomic mass is 16.3. The minimum absolute atomic E-state index is 0.509. The summed E-state index contributed by atoms with van der Waals surface area (Å²) >= 11 is 0. The molecule has 6 heterocycles. The van der Waals surface area contributed by atoms with Crippen molar-refractivity contribution in [2.45, 2.75) is 0 Å². The van der Waals surface area contributed by atoms with Crippen LogP contribution in [0.25, 0.3) is 189 Å². The minimum atomic E-state index is 0.509. The van der Waals surface area contributed by atoms with E-state index in [1.54, 1.807) is 6.07 Å². The quantitative estimate of drug-likeness (QED) is 0.131. The molecular weight excluding hydrogens is 1250 g/mol. The van der Waals surface area contributed by atoms with Gasteiger partial charge in [0.05, 0.1) is 33.7 Å². The van der Waals surface area contributed by atoms with E-state index in [0.29, 0.717) is 40.5 Å². The highest BCUT2D eigenvalue weighted by Gasteiger charge is 2.21. The van der Waals surface area contributed by atoms with Gasteiger partial charge >= 0.3 is 0 Å². The van der Waals surface area contributed by atoms with Crippen LogP contribution in [0.2, 0.25) is 0 Å². The number of benzene rings is 14. The Labute approximate surface area is 584 Å². The minimum Gasteiger partial charge on any atom is -0.456 e. The van der Waals surface area contributed by atoms with Crippen LogP contribution in [0.5, 0.6) is 0 Å². The average molecular weight is 1310 g/mol. The number of furan rings is 2. The maximum atomic E-state index is 9.58. The Morgan fingerprint density at radius 2 is 0.598 bits per heavy atom. The Morgan fingerprint density at radius 3 is 1.13 bits per heavy atom. The second kappa shape index (κ2) is 24.7. The Balaban J connectivity index is 0.000000141. The van der Waals surface area contributed by atoms with E-state index in [0.717, 1.165) is 144 Å². The highest BCUT2D eigenvalue weighted by Crippen LogP contribution is 2.42. The monoisotopic (exact) mass is 1310 g/mol. The van der Waals surface area contributed by atoms with Crippen LogP contribution in [-0.4, -0.2) is 39.0 Å². The molecule has 0 bridgehead atoms. The number of nitriles is 1. The molecule has 20 rings (SSSR count).